The molecular weight excluding hydrogens is 480 g/mol. The van der Waals surface area contributed by atoms with Crippen LogP contribution < -0.4 is 0 Å². The summed E-state index contributed by atoms with van der Waals surface area (Å²) in [5, 5.41) is 18.7. The zero-order chi connectivity index (χ0) is 27.6. The average molecular weight is 539 g/mol. The van der Waals surface area contributed by atoms with Gasteiger partial charge in [-0.2, -0.15) is 0 Å². The Morgan fingerprint density at radius 3 is 0.897 bits per heavy atom. The maximum atomic E-state index is 9.33. The van der Waals surface area contributed by atoms with E-state index in [4.69, 9.17) is 4.74 Å². The lowest BCUT2D eigenvalue weighted by Crippen LogP contribution is -1.97. The molecule has 220 valence electrons. The summed E-state index contributed by atoms with van der Waals surface area (Å²) in [7, 11) is 0. The molecule has 0 saturated carbocycles. The van der Waals surface area contributed by atoms with Gasteiger partial charge in [0.05, 0.1) is 0 Å². The molecule has 0 saturated heterocycles. The fraction of sp³-hybridized carbons (Fsp3) is 0.667. The highest BCUT2D eigenvalue weighted by Gasteiger charge is 1.98. The van der Waals surface area contributed by atoms with Crippen LogP contribution in [0.3, 0.4) is 0 Å². The van der Waals surface area contributed by atoms with Gasteiger partial charge in [0.15, 0.2) is 0 Å². The van der Waals surface area contributed by atoms with Gasteiger partial charge < -0.3 is 14.9 Å². The number of aromatic hydroxyl groups is 2. The summed E-state index contributed by atoms with van der Waals surface area (Å²) in [5.41, 5.74) is 2.67. The second-order valence-corrected chi connectivity index (χ2v) is 11.5. The van der Waals surface area contributed by atoms with Crippen LogP contribution in [-0.2, 0) is 17.6 Å². The second kappa shape index (κ2) is 23.9. The van der Waals surface area contributed by atoms with E-state index >= 15 is 0 Å². The van der Waals surface area contributed by atoms with Crippen LogP contribution in [0.4, 0.5) is 0 Å². The average Bonchev–Trinajstić information content (AvgIpc) is 2.95. The Hall–Kier alpha value is -2.00. The predicted molar refractivity (Wildman–Crippen MR) is 167 cm³/mol. The molecule has 0 heterocycles. The third-order valence-corrected chi connectivity index (χ3v) is 7.88. The molecular formula is C36H58O3. The summed E-state index contributed by atoms with van der Waals surface area (Å²) in [6.07, 6.45) is 29.0. The Kier molecular flexibility index (Phi) is 20.3. The lowest BCUT2D eigenvalue weighted by Gasteiger charge is -2.06. The predicted octanol–water partition coefficient (Wildman–Crippen LogP) is 10.7. The molecule has 0 amide bonds. The molecule has 0 unspecified atom stereocenters. The SMILES string of the molecule is Oc1ccc(CCCCCCCCCCCCOCCCCCCCCCCCCc2ccc(O)cc2)cc1. The molecule has 0 bridgehead atoms. The minimum Gasteiger partial charge on any atom is -0.508 e. The van der Waals surface area contributed by atoms with E-state index in [-0.39, 0.29) is 0 Å². The molecule has 0 aliphatic rings. The first-order valence-electron chi connectivity index (χ1n) is 16.4. The van der Waals surface area contributed by atoms with Crippen LogP contribution in [-0.4, -0.2) is 23.4 Å². The molecule has 0 atom stereocenters. The van der Waals surface area contributed by atoms with E-state index in [2.05, 4.69) is 0 Å². The van der Waals surface area contributed by atoms with Gasteiger partial charge in [-0.05, 0) is 73.9 Å². The van der Waals surface area contributed by atoms with Crippen molar-refractivity contribution in [3.05, 3.63) is 59.7 Å². The Bertz CT molecular complexity index is 716. The molecule has 2 N–H and O–H groups in total. The normalized spacial score (nSPS) is 11.3. The smallest absolute Gasteiger partial charge is 0.115 e. The van der Waals surface area contributed by atoms with E-state index in [1.165, 1.54) is 140 Å². The number of hydrogen-bond acceptors (Lipinski definition) is 3. The van der Waals surface area contributed by atoms with Crippen LogP contribution in [0.1, 0.15) is 140 Å². The number of benzene rings is 2. The largest absolute Gasteiger partial charge is 0.508 e. The van der Waals surface area contributed by atoms with Crippen LogP contribution in [0.5, 0.6) is 11.5 Å². The highest BCUT2D eigenvalue weighted by molar-refractivity contribution is 5.26. The number of aryl methyl sites for hydroxylation is 2. The standard InChI is InChI=1S/C36H58O3/c37-35-27-23-33(24-28-35)21-17-13-9-5-1-3-7-11-15-19-31-39-32-20-16-12-8-4-2-6-10-14-18-22-34-25-29-36(38)30-26-34/h23-30,37-38H,1-22,31-32H2. The lowest BCUT2D eigenvalue weighted by atomic mass is 10.0. The van der Waals surface area contributed by atoms with Gasteiger partial charge in [-0.1, -0.05) is 127 Å². The minimum absolute atomic E-state index is 0.362. The van der Waals surface area contributed by atoms with Crippen molar-refractivity contribution in [3.63, 3.8) is 0 Å². The summed E-state index contributed by atoms with van der Waals surface area (Å²) >= 11 is 0. The first-order valence-corrected chi connectivity index (χ1v) is 16.4. The fourth-order valence-corrected chi connectivity index (χ4v) is 5.32. The van der Waals surface area contributed by atoms with Crippen molar-refractivity contribution in [2.24, 2.45) is 0 Å². The number of ether oxygens (including phenoxy) is 1. The summed E-state index contributed by atoms with van der Waals surface area (Å²) in [6.45, 7) is 1.90. The molecule has 2 rings (SSSR count). The Balaban J connectivity index is 1.18. The monoisotopic (exact) mass is 538 g/mol. The zero-order valence-electron chi connectivity index (χ0n) is 24.9. The van der Waals surface area contributed by atoms with Gasteiger partial charge in [-0.15, -0.1) is 0 Å². The number of phenolic OH excluding ortho intramolecular Hbond substituents is 2. The van der Waals surface area contributed by atoms with E-state index in [1.807, 2.05) is 24.3 Å². The molecule has 0 fully saturated rings. The van der Waals surface area contributed by atoms with Crippen LogP contribution in [0.2, 0.25) is 0 Å². The summed E-state index contributed by atoms with van der Waals surface area (Å²) in [4.78, 5) is 0. The molecule has 0 aromatic heterocycles. The van der Waals surface area contributed by atoms with E-state index < -0.39 is 0 Å². The highest BCUT2D eigenvalue weighted by Crippen LogP contribution is 2.16. The Labute approximate surface area is 240 Å². The van der Waals surface area contributed by atoms with E-state index in [0.29, 0.717) is 11.5 Å². The first kappa shape index (κ1) is 33.2. The lowest BCUT2D eigenvalue weighted by molar-refractivity contribution is 0.125. The molecule has 3 heteroatoms. The van der Waals surface area contributed by atoms with Crippen molar-refractivity contribution in [2.75, 3.05) is 13.2 Å². The number of unbranched alkanes of at least 4 members (excludes halogenated alkanes) is 18. The van der Waals surface area contributed by atoms with Gasteiger partial charge in [-0.3, -0.25) is 0 Å². The summed E-state index contributed by atoms with van der Waals surface area (Å²) < 4.78 is 5.85. The van der Waals surface area contributed by atoms with Crippen molar-refractivity contribution >= 4 is 0 Å². The summed E-state index contributed by atoms with van der Waals surface area (Å²) in [5.74, 6) is 0.724. The first-order chi connectivity index (χ1) is 19.2. The molecule has 2 aromatic rings. The maximum absolute atomic E-state index is 9.33. The molecule has 0 aliphatic heterocycles. The fourth-order valence-electron chi connectivity index (χ4n) is 5.32. The van der Waals surface area contributed by atoms with Crippen LogP contribution in [0.25, 0.3) is 0 Å². The van der Waals surface area contributed by atoms with Crippen molar-refractivity contribution in [2.45, 2.75) is 141 Å². The van der Waals surface area contributed by atoms with Gasteiger partial charge in [0, 0.05) is 13.2 Å². The number of rotatable bonds is 26. The quantitative estimate of drug-likeness (QED) is 0.117. The van der Waals surface area contributed by atoms with Gasteiger partial charge in [0.25, 0.3) is 0 Å². The Morgan fingerprint density at radius 2 is 0.590 bits per heavy atom. The number of phenols is 2. The van der Waals surface area contributed by atoms with Crippen molar-refractivity contribution in [1.82, 2.24) is 0 Å². The minimum atomic E-state index is 0.362. The third-order valence-electron chi connectivity index (χ3n) is 7.88. The molecule has 3 nitrogen and oxygen atoms in total. The van der Waals surface area contributed by atoms with Crippen molar-refractivity contribution in [1.29, 1.82) is 0 Å². The third kappa shape index (κ3) is 19.7. The van der Waals surface area contributed by atoms with Crippen molar-refractivity contribution in [3.8, 4) is 11.5 Å². The van der Waals surface area contributed by atoms with Crippen molar-refractivity contribution < 1.29 is 14.9 Å². The van der Waals surface area contributed by atoms with E-state index in [1.54, 1.807) is 24.3 Å². The molecule has 0 spiro atoms. The zero-order valence-corrected chi connectivity index (χ0v) is 24.9. The van der Waals surface area contributed by atoms with Crippen LogP contribution in [0.15, 0.2) is 48.5 Å². The molecule has 2 aromatic carbocycles. The van der Waals surface area contributed by atoms with Crippen LogP contribution >= 0.6 is 0 Å². The number of hydrogen-bond donors (Lipinski definition) is 2. The molecule has 0 radical (unpaired) electrons. The van der Waals surface area contributed by atoms with Gasteiger partial charge in [-0.25, -0.2) is 0 Å². The van der Waals surface area contributed by atoms with Crippen LogP contribution in [0, 0.1) is 0 Å². The van der Waals surface area contributed by atoms with E-state index in [0.717, 1.165) is 26.1 Å². The maximum Gasteiger partial charge on any atom is 0.115 e. The second-order valence-electron chi connectivity index (χ2n) is 11.5. The van der Waals surface area contributed by atoms with Gasteiger partial charge in [0.1, 0.15) is 11.5 Å². The Morgan fingerprint density at radius 1 is 0.333 bits per heavy atom. The molecule has 39 heavy (non-hydrogen) atoms. The van der Waals surface area contributed by atoms with Gasteiger partial charge in [0.2, 0.25) is 0 Å². The topological polar surface area (TPSA) is 49.7 Å². The summed E-state index contributed by atoms with van der Waals surface area (Å²) in [6, 6.07) is 15.3. The molecule has 0 aliphatic carbocycles. The highest BCUT2D eigenvalue weighted by atomic mass is 16.5. The van der Waals surface area contributed by atoms with Gasteiger partial charge >= 0.3 is 0 Å². The van der Waals surface area contributed by atoms with E-state index in [9.17, 15) is 10.2 Å².